The van der Waals surface area contributed by atoms with E-state index in [4.69, 9.17) is 0 Å². The van der Waals surface area contributed by atoms with Crippen LogP contribution in [-0.2, 0) is 6.54 Å². The number of amides is 2. The van der Waals surface area contributed by atoms with Crippen molar-refractivity contribution in [3.8, 4) is 0 Å². The molecule has 0 saturated heterocycles. The average molecular weight is 293 g/mol. The van der Waals surface area contributed by atoms with Crippen LogP contribution in [0.15, 0.2) is 24.4 Å². The zero-order chi connectivity index (χ0) is 14.2. The van der Waals surface area contributed by atoms with E-state index < -0.39 is 0 Å². The molecule has 4 nitrogen and oxygen atoms in total. The summed E-state index contributed by atoms with van der Waals surface area (Å²) < 4.78 is 0. The van der Waals surface area contributed by atoms with Crippen LogP contribution in [0.3, 0.4) is 0 Å². The number of pyridine rings is 1. The summed E-state index contributed by atoms with van der Waals surface area (Å²) in [6, 6.07) is 5.94. The number of nitrogens with one attached hydrogen (secondary N) is 2. The summed E-state index contributed by atoms with van der Waals surface area (Å²) in [6.07, 6.45) is 6.54. The van der Waals surface area contributed by atoms with Gasteiger partial charge < -0.3 is 10.6 Å². The Labute approximate surface area is 125 Å². The third-order valence-electron chi connectivity index (χ3n) is 3.56. The van der Waals surface area contributed by atoms with Crippen LogP contribution in [-0.4, -0.2) is 28.1 Å². The lowest BCUT2D eigenvalue weighted by Crippen LogP contribution is -2.47. The Hall–Kier alpha value is -1.23. The maximum atomic E-state index is 12.0. The lowest BCUT2D eigenvalue weighted by atomic mass is 9.95. The van der Waals surface area contributed by atoms with Gasteiger partial charge in [0.15, 0.2) is 0 Å². The highest BCUT2D eigenvalue weighted by Crippen LogP contribution is 2.28. The average Bonchev–Trinajstić information content (AvgIpc) is 2.49. The lowest BCUT2D eigenvalue weighted by molar-refractivity contribution is 0.233. The molecule has 1 saturated carbocycles. The van der Waals surface area contributed by atoms with Crippen molar-refractivity contribution in [3.05, 3.63) is 30.1 Å². The minimum Gasteiger partial charge on any atom is -0.334 e. The van der Waals surface area contributed by atoms with Crippen LogP contribution >= 0.6 is 11.8 Å². The van der Waals surface area contributed by atoms with Crippen molar-refractivity contribution in [1.82, 2.24) is 15.6 Å². The molecular formula is C15H23N3OS. The van der Waals surface area contributed by atoms with E-state index in [1.807, 2.05) is 30.0 Å². The van der Waals surface area contributed by atoms with Crippen LogP contribution in [0.1, 0.15) is 38.3 Å². The number of aromatic nitrogens is 1. The summed E-state index contributed by atoms with van der Waals surface area (Å²) in [5.41, 5.74) is 0.880. The first-order valence-corrected chi connectivity index (χ1v) is 8.40. The monoisotopic (exact) mass is 293 g/mol. The first-order chi connectivity index (χ1) is 9.79. The smallest absolute Gasteiger partial charge is 0.315 e. The minimum absolute atomic E-state index is 0.0794. The van der Waals surface area contributed by atoms with Gasteiger partial charge in [0.05, 0.1) is 12.2 Å². The van der Waals surface area contributed by atoms with Gasteiger partial charge in [-0.05, 0) is 30.7 Å². The molecule has 1 aromatic heterocycles. The number of rotatable bonds is 5. The number of urea groups is 1. The number of hydrogen-bond acceptors (Lipinski definition) is 3. The van der Waals surface area contributed by atoms with E-state index in [9.17, 15) is 4.79 Å². The van der Waals surface area contributed by atoms with Crippen molar-refractivity contribution >= 4 is 17.8 Å². The maximum Gasteiger partial charge on any atom is 0.315 e. The van der Waals surface area contributed by atoms with Gasteiger partial charge in [-0.1, -0.05) is 25.8 Å². The Morgan fingerprint density at radius 1 is 1.40 bits per heavy atom. The molecule has 1 heterocycles. The Kier molecular flexibility index (Phi) is 6.18. The summed E-state index contributed by atoms with van der Waals surface area (Å²) in [6.45, 7) is 2.66. The molecular weight excluding hydrogens is 270 g/mol. The fourth-order valence-corrected chi connectivity index (χ4v) is 3.77. The molecule has 2 rings (SSSR count). The highest BCUT2D eigenvalue weighted by atomic mass is 32.2. The van der Waals surface area contributed by atoms with E-state index in [0.29, 0.717) is 17.8 Å². The highest BCUT2D eigenvalue weighted by molar-refractivity contribution is 7.99. The maximum absolute atomic E-state index is 12.0. The van der Waals surface area contributed by atoms with Gasteiger partial charge in [0.2, 0.25) is 0 Å². The molecule has 0 bridgehead atoms. The molecule has 110 valence electrons. The van der Waals surface area contributed by atoms with E-state index in [-0.39, 0.29) is 6.03 Å². The quantitative estimate of drug-likeness (QED) is 0.877. The second-order valence-electron chi connectivity index (χ2n) is 5.03. The molecule has 2 amide bonds. The van der Waals surface area contributed by atoms with Gasteiger partial charge >= 0.3 is 6.03 Å². The molecule has 0 spiro atoms. The molecule has 2 atom stereocenters. The first kappa shape index (κ1) is 15.2. The van der Waals surface area contributed by atoms with Gasteiger partial charge in [0.1, 0.15) is 0 Å². The van der Waals surface area contributed by atoms with E-state index in [1.165, 1.54) is 19.3 Å². The molecule has 1 aliphatic rings. The zero-order valence-corrected chi connectivity index (χ0v) is 12.8. The Morgan fingerprint density at radius 3 is 3.00 bits per heavy atom. The van der Waals surface area contributed by atoms with E-state index in [2.05, 4.69) is 22.5 Å². The van der Waals surface area contributed by atoms with Crippen LogP contribution < -0.4 is 10.6 Å². The second kappa shape index (κ2) is 8.15. The molecule has 1 aromatic rings. The van der Waals surface area contributed by atoms with Crippen molar-refractivity contribution in [2.75, 3.05) is 5.75 Å². The van der Waals surface area contributed by atoms with Crippen molar-refractivity contribution in [3.63, 3.8) is 0 Å². The highest BCUT2D eigenvalue weighted by Gasteiger charge is 2.26. The summed E-state index contributed by atoms with van der Waals surface area (Å²) in [5, 5.41) is 6.58. The molecule has 20 heavy (non-hydrogen) atoms. The number of carbonyl (C=O) groups excluding carboxylic acids is 1. The molecule has 2 unspecified atom stereocenters. The molecule has 2 N–H and O–H groups in total. The van der Waals surface area contributed by atoms with Crippen molar-refractivity contribution in [1.29, 1.82) is 0 Å². The van der Waals surface area contributed by atoms with Gasteiger partial charge in [0, 0.05) is 17.5 Å². The predicted molar refractivity (Wildman–Crippen MR) is 83.8 cm³/mol. The summed E-state index contributed by atoms with van der Waals surface area (Å²) >= 11 is 1.96. The van der Waals surface area contributed by atoms with Crippen LogP contribution in [0.4, 0.5) is 4.79 Å². The van der Waals surface area contributed by atoms with Crippen LogP contribution in [0.25, 0.3) is 0 Å². The largest absolute Gasteiger partial charge is 0.334 e. The Bertz CT molecular complexity index is 411. The second-order valence-corrected chi connectivity index (χ2v) is 6.55. The van der Waals surface area contributed by atoms with Crippen LogP contribution in [0.2, 0.25) is 0 Å². The molecule has 1 fully saturated rings. The standard InChI is InChI=1S/C15H23N3OS/c1-2-20-14-9-4-3-8-13(14)18-15(19)17-11-12-7-5-6-10-16-12/h5-7,10,13-14H,2-4,8-9,11H2,1H3,(H2,17,18,19). The minimum atomic E-state index is -0.0794. The fraction of sp³-hybridized carbons (Fsp3) is 0.600. The van der Waals surface area contributed by atoms with Crippen molar-refractivity contribution in [2.45, 2.75) is 50.4 Å². The van der Waals surface area contributed by atoms with Gasteiger partial charge in [-0.25, -0.2) is 4.79 Å². The first-order valence-electron chi connectivity index (χ1n) is 7.35. The number of carbonyl (C=O) groups is 1. The van der Waals surface area contributed by atoms with Crippen LogP contribution in [0.5, 0.6) is 0 Å². The van der Waals surface area contributed by atoms with Gasteiger partial charge in [0.25, 0.3) is 0 Å². The molecule has 0 aromatic carbocycles. The summed E-state index contributed by atoms with van der Waals surface area (Å²) in [7, 11) is 0. The van der Waals surface area contributed by atoms with Gasteiger partial charge in [-0.2, -0.15) is 11.8 Å². The van der Waals surface area contributed by atoms with E-state index in [1.54, 1.807) is 6.20 Å². The van der Waals surface area contributed by atoms with Crippen molar-refractivity contribution in [2.24, 2.45) is 0 Å². The fourth-order valence-electron chi connectivity index (χ4n) is 2.57. The normalized spacial score (nSPS) is 22.2. The molecule has 0 aliphatic heterocycles. The van der Waals surface area contributed by atoms with E-state index in [0.717, 1.165) is 17.9 Å². The number of hydrogen-bond donors (Lipinski definition) is 2. The lowest BCUT2D eigenvalue weighted by Gasteiger charge is -2.31. The zero-order valence-electron chi connectivity index (χ0n) is 12.0. The topological polar surface area (TPSA) is 54.0 Å². The number of thioether (sulfide) groups is 1. The van der Waals surface area contributed by atoms with E-state index >= 15 is 0 Å². The predicted octanol–water partition coefficient (Wildman–Crippen LogP) is 2.95. The third kappa shape index (κ3) is 4.71. The molecule has 0 radical (unpaired) electrons. The summed E-state index contributed by atoms with van der Waals surface area (Å²) in [5.74, 6) is 1.11. The van der Waals surface area contributed by atoms with Gasteiger partial charge in [-0.15, -0.1) is 0 Å². The molecule has 1 aliphatic carbocycles. The Balaban J connectivity index is 1.78. The Morgan fingerprint density at radius 2 is 2.25 bits per heavy atom. The third-order valence-corrected chi connectivity index (χ3v) is 4.88. The summed E-state index contributed by atoms with van der Waals surface area (Å²) in [4.78, 5) is 16.2. The number of nitrogens with zero attached hydrogens (tertiary/aromatic N) is 1. The van der Waals surface area contributed by atoms with Crippen molar-refractivity contribution < 1.29 is 4.79 Å². The molecule has 5 heteroatoms. The van der Waals surface area contributed by atoms with Crippen LogP contribution in [0, 0.1) is 0 Å². The SMILES string of the molecule is CCSC1CCCCC1NC(=O)NCc1ccccn1. The van der Waals surface area contributed by atoms with Gasteiger partial charge in [-0.3, -0.25) is 4.98 Å².